The van der Waals surface area contributed by atoms with Gasteiger partial charge in [0.1, 0.15) is 0 Å². The van der Waals surface area contributed by atoms with Crippen molar-refractivity contribution in [3.8, 4) is 0 Å². The summed E-state index contributed by atoms with van der Waals surface area (Å²) in [5, 5.41) is 10.1. The van der Waals surface area contributed by atoms with Crippen LogP contribution in [-0.2, 0) is 9.47 Å². The van der Waals surface area contributed by atoms with Crippen molar-refractivity contribution in [3.05, 3.63) is 0 Å². The Morgan fingerprint density at radius 3 is 1.89 bits per heavy atom. The van der Waals surface area contributed by atoms with E-state index in [4.69, 9.17) is 9.47 Å². The zero-order valence-corrected chi connectivity index (χ0v) is 11.9. The molecule has 0 aromatic heterocycles. The molecule has 2 rings (SSSR count). The molecule has 2 aliphatic rings. The second kappa shape index (κ2) is 6.36. The lowest BCUT2D eigenvalue weighted by Gasteiger charge is -2.52. The van der Waals surface area contributed by atoms with E-state index in [9.17, 15) is 5.11 Å². The molecule has 2 atom stereocenters. The van der Waals surface area contributed by atoms with Crippen molar-refractivity contribution in [3.63, 3.8) is 0 Å². The molecule has 18 heavy (non-hydrogen) atoms. The molecule has 106 valence electrons. The van der Waals surface area contributed by atoms with Crippen LogP contribution in [0.15, 0.2) is 0 Å². The van der Waals surface area contributed by atoms with E-state index >= 15 is 0 Å². The fraction of sp³-hybridized carbons (Fsp3) is 1.00. The Balaban J connectivity index is 2.26. The third-order valence-electron chi connectivity index (χ3n) is 5.34. The Hall–Kier alpha value is -0.120. The largest absolute Gasteiger partial charge is 0.396 e. The number of ether oxygens (including phenoxy) is 2. The van der Waals surface area contributed by atoms with Gasteiger partial charge in [0.05, 0.1) is 18.8 Å². The predicted molar refractivity (Wildman–Crippen MR) is 71.5 cm³/mol. The lowest BCUT2D eigenvalue weighted by molar-refractivity contribution is -0.182. The molecule has 2 unspecified atom stereocenters. The summed E-state index contributed by atoms with van der Waals surface area (Å²) in [6, 6.07) is 0. The Bertz CT molecular complexity index is 236. The summed E-state index contributed by atoms with van der Waals surface area (Å²) in [7, 11) is 3.58. The number of methoxy groups -OCH3 is 2. The van der Waals surface area contributed by atoms with Crippen LogP contribution in [0.25, 0.3) is 0 Å². The summed E-state index contributed by atoms with van der Waals surface area (Å²) in [4.78, 5) is 0. The molecular weight excluding hydrogens is 228 g/mol. The number of hydrogen-bond acceptors (Lipinski definition) is 3. The first-order valence-electron chi connectivity index (χ1n) is 7.46. The smallest absolute Gasteiger partial charge is 0.0677 e. The summed E-state index contributed by atoms with van der Waals surface area (Å²) in [6.45, 7) is 0.203. The van der Waals surface area contributed by atoms with Crippen LogP contribution in [-0.4, -0.2) is 38.1 Å². The minimum absolute atomic E-state index is 0.157. The van der Waals surface area contributed by atoms with Gasteiger partial charge in [-0.05, 0) is 38.0 Å². The molecule has 0 heterocycles. The Kier molecular flexibility index (Phi) is 5.05. The van der Waals surface area contributed by atoms with Crippen LogP contribution in [0.3, 0.4) is 0 Å². The fourth-order valence-corrected chi connectivity index (χ4v) is 4.41. The summed E-state index contributed by atoms with van der Waals surface area (Å²) < 4.78 is 11.5. The van der Waals surface area contributed by atoms with Gasteiger partial charge in [-0.1, -0.05) is 19.3 Å². The van der Waals surface area contributed by atoms with E-state index in [-0.39, 0.29) is 24.2 Å². The van der Waals surface area contributed by atoms with Gasteiger partial charge >= 0.3 is 0 Å². The van der Waals surface area contributed by atoms with Crippen molar-refractivity contribution >= 4 is 0 Å². The first-order chi connectivity index (χ1) is 8.79. The average Bonchev–Trinajstić information content (AvgIpc) is 2.46. The Morgan fingerprint density at radius 2 is 1.44 bits per heavy atom. The molecule has 0 radical (unpaired) electrons. The second-order valence-electron chi connectivity index (χ2n) is 5.99. The summed E-state index contributed by atoms with van der Waals surface area (Å²) >= 11 is 0. The molecule has 0 aromatic carbocycles. The third-order valence-corrected chi connectivity index (χ3v) is 5.34. The molecule has 0 saturated heterocycles. The van der Waals surface area contributed by atoms with Gasteiger partial charge in [-0.2, -0.15) is 0 Å². The van der Waals surface area contributed by atoms with Gasteiger partial charge in [-0.3, -0.25) is 0 Å². The highest BCUT2D eigenvalue weighted by molar-refractivity contribution is 5.02. The van der Waals surface area contributed by atoms with Crippen LogP contribution < -0.4 is 0 Å². The number of rotatable bonds is 4. The summed E-state index contributed by atoms with van der Waals surface area (Å²) in [5.74, 6) is 0.562. The van der Waals surface area contributed by atoms with Gasteiger partial charge < -0.3 is 14.6 Å². The molecule has 0 aliphatic heterocycles. The number of hydrogen-bond donors (Lipinski definition) is 1. The molecule has 0 spiro atoms. The number of aliphatic hydroxyl groups is 1. The normalized spacial score (nSPS) is 38.8. The van der Waals surface area contributed by atoms with Gasteiger partial charge in [-0.25, -0.2) is 0 Å². The van der Waals surface area contributed by atoms with E-state index in [1.807, 2.05) is 0 Å². The third kappa shape index (κ3) is 2.33. The molecule has 0 amide bonds. The van der Waals surface area contributed by atoms with Gasteiger partial charge in [-0.15, -0.1) is 0 Å². The van der Waals surface area contributed by atoms with Crippen molar-refractivity contribution < 1.29 is 14.6 Å². The number of aliphatic hydroxyl groups excluding tert-OH is 1. The molecule has 2 fully saturated rings. The Labute approximate surface area is 111 Å². The molecule has 3 nitrogen and oxygen atoms in total. The molecule has 1 N–H and O–H groups in total. The van der Waals surface area contributed by atoms with Gasteiger partial charge in [0.2, 0.25) is 0 Å². The molecule has 2 aliphatic carbocycles. The average molecular weight is 256 g/mol. The van der Waals surface area contributed by atoms with Crippen molar-refractivity contribution in [2.45, 2.75) is 63.6 Å². The van der Waals surface area contributed by atoms with Crippen molar-refractivity contribution in [1.29, 1.82) is 0 Å². The molecule has 3 heteroatoms. The SMILES string of the molecule is COC1CCCC(OC)C1(CO)C1CCCCC1. The highest BCUT2D eigenvalue weighted by Crippen LogP contribution is 2.50. The summed E-state index contributed by atoms with van der Waals surface area (Å²) in [6.07, 6.45) is 9.95. The quantitative estimate of drug-likeness (QED) is 0.840. The molecular formula is C15H28O3. The minimum Gasteiger partial charge on any atom is -0.396 e. The van der Waals surface area contributed by atoms with Crippen molar-refractivity contribution in [1.82, 2.24) is 0 Å². The van der Waals surface area contributed by atoms with Crippen LogP contribution in [0, 0.1) is 11.3 Å². The van der Waals surface area contributed by atoms with E-state index in [0.717, 1.165) is 19.3 Å². The highest BCUT2D eigenvalue weighted by Gasteiger charge is 2.53. The second-order valence-corrected chi connectivity index (χ2v) is 5.99. The van der Waals surface area contributed by atoms with E-state index in [1.165, 1.54) is 32.1 Å². The fourth-order valence-electron chi connectivity index (χ4n) is 4.41. The van der Waals surface area contributed by atoms with E-state index < -0.39 is 0 Å². The maximum atomic E-state index is 10.1. The van der Waals surface area contributed by atoms with Crippen LogP contribution in [0.2, 0.25) is 0 Å². The molecule has 0 bridgehead atoms. The van der Waals surface area contributed by atoms with Crippen LogP contribution >= 0.6 is 0 Å². The lowest BCUT2D eigenvalue weighted by atomic mass is 9.59. The lowest BCUT2D eigenvalue weighted by Crippen LogP contribution is -2.57. The monoisotopic (exact) mass is 256 g/mol. The zero-order chi connectivity index (χ0) is 13.0. The van der Waals surface area contributed by atoms with Gasteiger partial charge in [0, 0.05) is 19.6 Å². The van der Waals surface area contributed by atoms with Crippen LogP contribution in [0.1, 0.15) is 51.4 Å². The van der Waals surface area contributed by atoms with E-state index in [0.29, 0.717) is 5.92 Å². The maximum absolute atomic E-state index is 10.1. The topological polar surface area (TPSA) is 38.7 Å². The van der Waals surface area contributed by atoms with E-state index in [1.54, 1.807) is 14.2 Å². The van der Waals surface area contributed by atoms with E-state index in [2.05, 4.69) is 0 Å². The maximum Gasteiger partial charge on any atom is 0.0677 e. The van der Waals surface area contributed by atoms with Gasteiger partial charge in [0.15, 0.2) is 0 Å². The highest BCUT2D eigenvalue weighted by atomic mass is 16.5. The van der Waals surface area contributed by atoms with Crippen LogP contribution in [0.4, 0.5) is 0 Å². The summed E-state index contributed by atoms with van der Waals surface area (Å²) in [5.41, 5.74) is -0.165. The van der Waals surface area contributed by atoms with Crippen LogP contribution in [0.5, 0.6) is 0 Å². The first-order valence-corrected chi connectivity index (χ1v) is 7.46. The van der Waals surface area contributed by atoms with Crippen molar-refractivity contribution in [2.75, 3.05) is 20.8 Å². The minimum atomic E-state index is -0.165. The molecule has 2 saturated carbocycles. The molecule has 0 aromatic rings. The Morgan fingerprint density at radius 1 is 0.889 bits per heavy atom. The predicted octanol–water partition coefficient (Wildman–Crippen LogP) is 2.76. The van der Waals surface area contributed by atoms with Crippen molar-refractivity contribution in [2.24, 2.45) is 11.3 Å². The zero-order valence-electron chi connectivity index (χ0n) is 11.9. The first kappa shape index (κ1) is 14.3. The standard InChI is InChI=1S/C15H28O3/c1-17-13-9-6-10-14(18-2)15(13,11-16)12-7-4-3-5-8-12/h12-14,16H,3-11H2,1-2H3. The van der Waals surface area contributed by atoms with Gasteiger partial charge in [0.25, 0.3) is 0 Å².